The third kappa shape index (κ3) is 1.50. The molecule has 13 heavy (non-hydrogen) atoms. The molecule has 1 aromatic rings. The van der Waals surface area contributed by atoms with Gasteiger partial charge in [0.15, 0.2) is 0 Å². The Bertz CT molecular complexity index is 308. The molecule has 1 aromatic heterocycles. The molecule has 0 bridgehead atoms. The maximum atomic E-state index is 10.0. The van der Waals surface area contributed by atoms with Crippen molar-refractivity contribution in [3.63, 3.8) is 0 Å². The van der Waals surface area contributed by atoms with E-state index < -0.39 is 6.10 Å². The van der Waals surface area contributed by atoms with E-state index in [-0.39, 0.29) is 5.41 Å². The summed E-state index contributed by atoms with van der Waals surface area (Å²) in [5, 5.41) is 11.9. The first-order valence-electron chi connectivity index (χ1n) is 4.31. The Morgan fingerprint density at radius 2 is 2.38 bits per heavy atom. The van der Waals surface area contributed by atoms with Crippen LogP contribution in [0.1, 0.15) is 24.5 Å². The van der Waals surface area contributed by atoms with Crippen molar-refractivity contribution < 1.29 is 5.11 Å². The number of aliphatic hydroxyl groups is 1. The Labute approximate surface area is 86.3 Å². The van der Waals surface area contributed by atoms with Crippen LogP contribution >= 0.6 is 22.9 Å². The van der Waals surface area contributed by atoms with Crippen LogP contribution in [-0.2, 0) is 0 Å². The number of thiophene rings is 1. The largest absolute Gasteiger partial charge is 0.388 e. The Morgan fingerprint density at radius 3 is 2.77 bits per heavy atom. The summed E-state index contributed by atoms with van der Waals surface area (Å²) in [6.07, 6.45) is 1.55. The van der Waals surface area contributed by atoms with Crippen LogP contribution in [-0.4, -0.2) is 11.7 Å². The van der Waals surface area contributed by atoms with Crippen molar-refractivity contribution in [2.75, 3.05) is 6.54 Å². The molecule has 1 saturated carbocycles. The smallest absolute Gasteiger partial charge is 0.0986 e. The second-order valence-electron chi connectivity index (χ2n) is 3.62. The number of halogens is 1. The molecule has 4 heteroatoms. The zero-order valence-corrected chi connectivity index (χ0v) is 8.74. The average Bonchev–Trinajstić information content (AvgIpc) is 2.83. The van der Waals surface area contributed by atoms with Gasteiger partial charge in [0.2, 0.25) is 0 Å². The highest BCUT2D eigenvalue weighted by Gasteiger charge is 2.48. The van der Waals surface area contributed by atoms with Crippen molar-refractivity contribution in [2.45, 2.75) is 18.9 Å². The van der Waals surface area contributed by atoms with E-state index in [1.165, 1.54) is 11.3 Å². The highest BCUT2D eigenvalue weighted by atomic mass is 35.5. The van der Waals surface area contributed by atoms with E-state index in [0.29, 0.717) is 10.9 Å². The summed E-state index contributed by atoms with van der Waals surface area (Å²) in [4.78, 5) is 0. The molecule has 0 radical (unpaired) electrons. The zero-order valence-electron chi connectivity index (χ0n) is 7.16. The molecule has 0 aliphatic heterocycles. The summed E-state index contributed by atoms with van der Waals surface area (Å²) in [5.41, 5.74) is 6.39. The Morgan fingerprint density at radius 1 is 1.69 bits per heavy atom. The first-order chi connectivity index (χ1) is 6.19. The molecule has 0 aromatic carbocycles. The van der Waals surface area contributed by atoms with E-state index >= 15 is 0 Å². The molecule has 1 unspecified atom stereocenters. The zero-order chi connectivity index (χ0) is 9.47. The van der Waals surface area contributed by atoms with E-state index in [4.69, 9.17) is 17.3 Å². The maximum Gasteiger partial charge on any atom is 0.0986 e. The van der Waals surface area contributed by atoms with Gasteiger partial charge in [-0.2, -0.15) is 0 Å². The molecule has 1 aliphatic carbocycles. The van der Waals surface area contributed by atoms with E-state index in [1.807, 2.05) is 11.4 Å². The second kappa shape index (κ2) is 3.24. The minimum absolute atomic E-state index is 0.0787. The molecule has 1 fully saturated rings. The van der Waals surface area contributed by atoms with Crippen molar-refractivity contribution in [2.24, 2.45) is 11.1 Å². The average molecular weight is 218 g/mol. The third-order valence-electron chi connectivity index (χ3n) is 2.82. The second-order valence-corrected chi connectivity index (χ2v) is 5.14. The number of rotatable bonds is 3. The first-order valence-corrected chi connectivity index (χ1v) is 5.56. The standard InChI is InChI=1S/C9H12ClNOS/c10-8-6(1-4-13-8)7(12)9(5-11)2-3-9/h1,4,7,12H,2-3,5,11H2. The number of aliphatic hydroxyl groups excluding tert-OH is 1. The summed E-state index contributed by atoms with van der Waals surface area (Å²) in [5.74, 6) is 0. The molecule has 72 valence electrons. The van der Waals surface area contributed by atoms with Crippen LogP contribution < -0.4 is 5.73 Å². The van der Waals surface area contributed by atoms with Gasteiger partial charge in [0.05, 0.1) is 10.4 Å². The summed E-state index contributed by atoms with van der Waals surface area (Å²) in [6.45, 7) is 0.542. The lowest BCUT2D eigenvalue weighted by Gasteiger charge is -2.19. The van der Waals surface area contributed by atoms with Crippen LogP contribution in [0.25, 0.3) is 0 Å². The van der Waals surface area contributed by atoms with Crippen LogP contribution in [0.15, 0.2) is 11.4 Å². The molecular weight excluding hydrogens is 206 g/mol. The number of nitrogens with two attached hydrogens (primary N) is 1. The van der Waals surface area contributed by atoms with Crippen LogP contribution in [0.5, 0.6) is 0 Å². The van der Waals surface area contributed by atoms with E-state index in [2.05, 4.69) is 0 Å². The molecule has 1 heterocycles. The van der Waals surface area contributed by atoms with Crippen molar-refractivity contribution in [1.82, 2.24) is 0 Å². The van der Waals surface area contributed by atoms with Gasteiger partial charge in [-0.15, -0.1) is 11.3 Å². The van der Waals surface area contributed by atoms with Gasteiger partial charge in [-0.25, -0.2) is 0 Å². The first kappa shape index (κ1) is 9.46. The van der Waals surface area contributed by atoms with Crippen molar-refractivity contribution >= 4 is 22.9 Å². The quantitative estimate of drug-likeness (QED) is 0.815. The monoisotopic (exact) mass is 217 g/mol. The highest BCUT2D eigenvalue weighted by molar-refractivity contribution is 7.14. The van der Waals surface area contributed by atoms with Crippen LogP contribution in [0.2, 0.25) is 4.34 Å². The van der Waals surface area contributed by atoms with Crippen molar-refractivity contribution in [3.8, 4) is 0 Å². The van der Waals surface area contributed by atoms with Crippen LogP contribution in [0.3, 0.4) is 0 Å². The van der Waals surface area contributed by atoms with Gasteiger partial charge in [0.25, 0.3) is 0 Å². The van der Waals surface area contributed by atoms with Crippen LogP contribution in [0.4, 0.5) is 0 Å². The summed E-state index contributed by atoms with van der Waals surface area (Å²) in [6, 6.07) is 1.88. The molecule has 3 N–H and O–H groups in total. The van der Waals surface area contributed by atoms with Gasteiger partial charge >= 0.3 is 0 Å². The molecular formula is C9H12ClNOS. The maximum absolute atomic E-state index is 10.0. The number of hydrogen-bond donors (Lipinski definition) is 2. The lowest BCUT2D eigenvalue weighted by atomic mass is 9.95. The van der Waals surface area contributed by atoms with Gasteiger partial charge < -0.3 is 10.8 Å². The SMILES string of the molecule is NCC1(C(O)c2ccsc2Cl)CC1. The fraction of sp³-hybridized carbons (Fsp3) is 0.556. The van der Waals surface area contributed by atoms with Gasteiger partial charge in [-0.3, -0.25) is 0 Å². The fourth-order valence-corrected chi connectivity index (χ4v) is 2.55. The van der Waals surface area contributed by atoms with Crippen molar-refractivity contribution in [3.05, 3.63) is 21.3 Å². The fourth-order valence-electron chi connectivity index (χ4n) is 1.58. The van der Waals surface area contributed by atoms with E-state index in [0.717, 1.165) is 18.4 Å². The summed E-state index contributed by atoms with van der Waals surface area (Å²) >= 11 is 7.39. The minimum atomic E-state index is -0.476. The molecule has 1 aliphatic rings. The molecule has 0 saturated heterocycles. The highest BCUT2D eigenvalue weighted by Crippen LogP contribution is 2.55. The van der Waals surface area contributed by atoms with Gasteiger partial charge in [0.1, 0.15) is 0 Å². The topological polar surface area (TPSA) is 46.2 Å². The van der Waals surface area contributed by atoms with Gasteiger partial charge in [-0.1, -0.05) is 11.6 Å². The number of hydrogen-bond acceptors (Lipinski definition) is 3. The Kier molecular flexibility index (Phi) is 2.36. The Hall–Kier alpha value is -0.0900. The predicted molar refractivity (Wildman–Crippen MR) is 55.0 cm³/mol. The third-order valence-corrected chi connectivity index (χ3v) is 4.02. The molecule has 2 nitrogen and oxygen atoms in total. The van der Waals surface area contributed by atoms with Gasteiger partial charge in [0, 0.05) is 17.5 Å². The van der Waals surface area contributed by atoms with Crippen LogP contribution in [0, 0.1) is 5.41 Å². The van der Waals surface area contributed by atoms with Gasteiger partial charge in [-0.05, 0) is 24.3 Å². The lowest BCUT2D eigenvalue weighted by Crippen LogP contribution is -2.23. The van der Waals surface area contributed by atoms with Crippen molar-refractivity contribution in [1.29, 1.82) is 0 Å². The summed E-state index contributed by atoms with van der Waals surface area (Å²) < 4.78 is 0.687. The minimum Gasteiger partial charge on any atom is -0.388 e. The molecule has 2 rings (SSSR count). The normalized spacial score (nSPS) is 21.5. The van der Waals surface area contributed by atoms with E-state index in [1.54, 1.807) is 0 Å². The predicted octanol–water partition coefficient (Wildman–Crippen LogP) is 2.17. The molecule has 0 amide bonds. The Balaban J connectivity index is 2.22. The molecule has 0 spiro atoms. The summed E-state index contributed by atoms with van der Waals surface area (Å²) in [7, 11) is 0. The lowest BCUT2D eigenvalue weighted by molar-refractivity contribution is 0.0980. The molecule has 1 atom stereocenters. The van der Waals surface area contributed by atoms with E-state index in [9.17, 15) is 5.11 Å².